The first-order chi connectivity index (χ1) is 14.1. The monoisotopic (exact) mass is 385 g/mol. The van der Waals surface area contributed by atoms with Gasteiger partial charge in [-0.3, -0.25) is 19.8 Å². The lowest BCUT2D eigenvalue weighted by atomic mass is 10.1. The number of rotatable bonds is 5. The third-order valence-electron chi connectivity index (χ3n) is 4.81. The van der Waals surface area contributed by atoms with Gasteiger partial charge in [-0.2, -0.15) is 0 Å². The van der Waals surface area contributed by atoms with E-state index >= 15 is 0 Å². The summed E-state index contributed by atoms with van der Waals surface area (Å²) in [6.45, 7) is 4.25. The molecule has 4 rings (SSSR count). The lowest BCUT2D eigenvalue weighted by molar-refractivity contribution is -0.129. The molecule has 29 heavy (non-hydrogen) atoms. The molecule has 1 aliphatic heterocycles. The van der Waals surface area contributed by atoms with Gasteiger partial charge in [0.1, 0.15) is 5.57 Å². The summed E-state index contributed by atoms with van der Waals surface area (Å²) in [7, 11) is 0. The number of hydrogen-bond acceptors (Lipinski definition) is 3. The van der Waals surface area contributed by atoms with Gasteiger partial charge in [-0.15, -0.1) is 6.58 Å². The quantitative estimate of drug-likeness (QED) is 0.416. The number of aromatic nitrogens is 1. The van der Waals surface area contributed by atoms with Crippen molar-refractivity contribution in [3.8, 4) is 0 Å². The number of benzene rings is 2. The van der Waals surface area contributed by atoms with Gasteiger partial charge < -0.3 is 4.57 Å². The van der Waals surface area contributed by atoms with Crippen LogP contribution in [0.5, 0.6) is 0 Å². The van der Waals surface area contributed by atoms with Crippen LogP contribution in [0.1, 0.15) is 11.1 Å². The zero-order valence-corrected chi connectivity index (χ0v) is 15.7. The largest absolute Gasteiger partial charge is 0.342 e. The fraction of sp³-hybridized carbons (Fsp3) is 0.0870. The Kier molecular flexibility index (Phi) is 4.83. The van der Waals surface area contributed by atoms with E-state index in [2.05, 4.69) is 16.5 Å². The number of carbonyl (C=O) groups is 3. The standard InChI is InChI=1S/C23H19N3O3/c1-2-12-26-22(28)19(21(27)24-23(26)29)13-17-15-25(14-16-8-4-3-5-9-16)20-11-7-6-10-18(17)20/h2-11,13,15H,1,12,14H2,(H,24,27,29). The summed E-state index contributed by atoms with van der Waals surface area (Å²) in [6, 6.07) is 17.1. The van der Waals surface area contributed by atoms with Crippen molar-refractivity contribution in [3.05, 3.63) is 90.1 Å². The predicted molar refractivity (Wildman–Crippen MR) is 111 cm³/mol. The fourth-order valence-corrected chi connectivity index (χ4v) is 3.45. The maximum absolute atomic E-state index is 12.7. The molecule has 4 amide bonds. The lowest BCUT2D eigenvalue weighted by Crippen LogP contribution is -2.54. The Labute approximate surface area is 167 Å². The molecule has 0 radical (unpaired) electrons. The Balaban J connectivity index is 1.78. The van der Waals surface area contributed by atoms with Crippen molar-refractivity contribution in [2.75, 3.05) is 6.54 Å². The molecule has 1 aliphatic rings. The molecule has 3 aromatic rings. The Morgan fingerprint density at radius 1 is 0.966 bits per heavy atom. The van der Waals surface area contributed by atoms with E-state index in [0.29, 0.717) is 6.54 Å². The van der Waals surface area contributed by atoms with Gasteiger partial charge in [0.25, 0.3) is 11.8 Å². The van der Waals surface area contributed by atoms with Crippen molar-refractivity contribution >= 4 is 34.8 Å². The number of barbiturate groups is 1. The first-order valence-electron chi connectivity index (χ1n) is 9.20. The van der Waals surface area contributed by atoms with E-state index in [0.717, 1.165) is 26.9 Å². The molecule has 0 saturated carbocycles. The van der Waals surface area contributed by atoms with Crippen molar-refractivity contribution < 1.29 is 14.4 Å². The van der Waals surface area contributed by atoms with Crippen LogP contribution in [0.4, 0.5) is 4.79 Å². The number of nitrogens with zero attached hydrogens (tertiary/aromatic N) is 2. The molecule has 0 unspecified atom stereocenters. The fourth-order valence-electron chi connectivity index (χ4n) is 3.45. The molecule has 144 valence electrons. The average molecular weight is 385 g/mol. The third-order valence-corrected chi connectivity index (χ3v) is 4.81. The van der Waals surface area contributed by atoms with E-state index in [1.165, 1.54) is 6.08 Å². The minimum atomic E-state index is -0.733. The summed E-state index contributed by atoms with van der Waals surface area (Å²) in [4.78, 5) is 37.9. The van der Waals surface area contributed by atoms with Crippen molar-refractivity contribution in [2.45, 2.75) is 6.54 Å². The minimum Gasteiger partial charge on any atom is -0.342 e. The van der Waals surface area contributed by atoms with Gasteiger partial charge in [-0.05, 0) is 17.7 Å². The molecular formula is C23H19N3O3. The molecule has 2 heterocycles. The number of para-hydroxylation sites is 1. The van der Waals surface area contributed by atoms with E-state index in [1.807, 2.05) is 60.8 Å². The number of amides is 4. The average Bonchev–Trinajstić information content (AvgIpc) is 3.07. The van der Waals surface area contributed by atoms with Crippen LogP contribution in [0.2, 0.25) is 0 Å². The molecule has 6 heteroatoms. The lowest BCUT2D eigenvalue weighted by Gasteiger charge is -2.25. The van der Waals surface area contributed by atoms with E-state index in [-0.39, 0.29) is 12.1 Å². The molecule has 1 saturated heterocycles. The molecule has 0 aliphatic carbocycles. The normalized spacial score (nSPS) is 15.8. The number of hydrogen-bond donors (Lipinski definition) is 1. The smallest absolute Gasteiger partial charge is 0.331 e. The van der Waals surface area contributed by atoms with Crippen molar-refractivity contribution in [2.24, 2.45) is 0 Å². The highest BCUT2D eigenvalue weighted by molar-refractivity contribution is 6.31. The summed E-state index contributed by atoms with van der Waals surface area (Å²) in [5.74, 6) is -1.32. The molecule has 6 nitrogen and oxygen atoms in total. The molecule has 0 spiro atoms. The number of urea groups is 1. The highest BCUT2D eigenvalue weighted by Gasteiger charge is 2.35. The Morgan fingerprint density at radius 2 is 1.69 bits per heavy atom. The molecule has 2 aromatic carbocycles. The molecule has 1 aromatic heterocycles. The van der Waals surface area contributed by atoms with E-state index in [1.54, 1.807) is 6.08 Å². The Morgan fingerprint density at radius 3 is 2.45 bits per heavy atom. The van der Waals surface area contributed by atoms with Gasteiger partial charge in [-0.25, -0.2) is 4.79 Å². The SMILES string of the molecule is C=CCN1C(=O)NC(=O)C(=Cc2cn(Cc3ccccc3)c3ccccc23)C1=O. The number of carbonyl (C=O) groups excluding carboxylic acids is 3. The molecule has 0 bridgehead atoms. The van der Waals surface area contributed by atoms with Crippen LogP contribution in [-0.2, 0) is 16.1 Å². The second-order valence-electron chi connectivity index (χ2n) is 6.74. The van der Waals surface area contributed by atoms with E-state index < -0.39 is 17.8 Å². The van der Waals surface area contributed by atoms with Crippen LogP contribution in [0, 0.1) is 0 Å². The summed E-state index contributed by atoms with van der Waals surface area (Å²) in [5, 5.41) is 3.13. The summed E-state index contributed by atoms with van der Waals surface area (Å²) >= 11 is 0. The van der Waals surface area contributed by atoms with Crippen LogP contribution < -0.4 is 5.32 Å². The van der Waals surface area contributed by atoms with Gasteiger partial charge in [0.2, 0.25) is 0 Å². The number of imide groups is 2. The maximum atomic E-state index is 12.7. The van der Waals surface area contributed by atoms with Crippen molar-refractivity contribution in [1.29, 1.82) is 0 Å². The highest BCUT2D eigenvalue weighted by atomic mass is 16.2. The van der Waals surface area contributed by atoms with Crippen LogP contribution in [-0.4, -0.2) is 33.9 Å². The van der Waals surface area contributed by atoms with Gasteiger partial charge in [0.15, 0.2) is 0 Å². The molecular weight excluding hydrogens is 366 g/mol. The second kappa shape index (κ2) is 7.59. The highest BCUT2D eigenvalue weighted by Crippen LogP contribution is 2.25. The Bertz CT molecular complexity index is 1160. The van der Waals surface area contributed by atoms with Gasteiger partial charge in [0.05, 0.1) is 0 Å². The topological polar surface area (TPSA) is 71.4 Å². The summed E-state index contributed by atoms with van der Waals surface area (Å²) < 4.78 is 2.08. The van der Waals surface area contributed by atoms with Crippen molar-refractivity contribution in [3.63, 3.8) is 0 Å². The number of nitrogens with one attached hydrogen (secondary N) is 1. The van der Waals surface area contributed by atoms with Crippen LogP contribution in [0.25, 0.3) is 17.0 Å². The van der Waals surface area contributed by atoms with Gasteiger partial charge in [0, 0.05) is 35.8 Å². The first-order valence-corrected chi connectivity index (χ1v) is 9.20. The molecule has 0 atom stereocenters. The summed E-state index contributed by atoms with van der Waals surface area (Å²) in [6.07, 6.45) is 4.90. The predicted octanol–water partition coefficient (Wildman–Crippen LogP) is 3.34. The van der Waals surface area contributed by atoms with Crippen LogP contribution in [0.3, 0.4) is 0 Å². The van der Waals surface area contributed by atoms with Crippen LogP contribution >= 0.6 is 0 Å². The molecule has 1 N–H and O–H groups in total. The minimum absolute atomic E-state index is 0.0328. The zero-order chi connectivity index (χ0) is 20.4. The van der Waals surface area contributed by atoms with E-state index in [9.17, 15) is 14.4 Å². The van der Waals surface area contributed by atoms with Gasteiger partial charge >= 0.3 is 6.03 Å². The Hall–Kier alpha value is -3.93. The van der Waals surface area contributed by atoms with Gasteiger partial charge in [-0.1, -0.05) is 54.6 Å². The van der Waals surface area contributed by atoms with Crippen LogP contribution in [0.15, 0.2) is 79.0 Å². The third kappa shape index (κ3) is 3.48. The van der Waals surface area contributed by atoms with Crippen molar-refractivity contribution in [1.82, 2.24) is 14.8 Å². The number of fused-ring (bicyclic) bond motifs is 1. The molecule has 1 fully saturated rings. The maximum Gasteiger partial charge on any atom is 0.331 e. The van der Waals surface area contributed by atoms with E-state index in [4.69, 9.17) is 0 Å². The summed E-state index contributed by atoms with van der Waals surface area (Å²) in [5.41, 5.74) is 2.80. The first kappa shape index (κ1) is 18.4. The zero-order valence-electron chi connectivity index (χ0n) is 15.7. The second-order valence-corrected chi connectivity index (χ2v) is 6.74.